The van der Waals surface area contributed by atoms with Crippen LogP contribution < -0.4 is 10.1 Å². The van der Waals surface area contributed by atoms with Crippen LogP contribution in [0.15, 0.2) is 24.4 Å². The molecule has 1 aliphatic heterocycles. The number of aryl methyl sites for hydroxylation is 4. The van der Waals surface area contributed by atoms with Crippen LogP contribution in [0.4, 0.5) is 0 Å². The molecular weight excluding hydrogens is 302 g/mol. The van der Waals surface area contributed by atoms with Crippen LogP contribution in [0.2, 0.25) is 0 Å². The van der Waals surface area contributed by atoms with E-state index in [4.69, 9.17) is 4.74 Å². The first kappa shape index (κ1) is 15.2. The first-order valence-electron chi connectivity index (χ1n) is 8.74. The quantitative estimate of drug-likeness (QED) is 0.937. The molecule has 1 unspecified atom stereocenters. The number of nitrogens with one attached hydrogen (secondary N) is 1. The molecule has 2 aliphatic rings. The van der Waals surface area contributed by atoms with Gasteiger partial charge in [0, 0.05) is 25.2 Å². The number of hydrogen-bond donors (Lipinski definition) is 1. The monoisotopic (exact) mass is 325 g/mol. The molecule has 1 aromatic carbocycles. The predicted octanol–water partition coefficient (Wildman–Crippen LogP) is 2.19. The van der Waals surface area contributed by atoms with Gasteiger partial charge in [0.1, 0.15) is 11.6 Å². The average Bonchev–Trinajstić information content (AvgIpc) is 3.17. The maximum Gasteiger partial charge on any atom is 0.258 e. The highest BCUT2D eigenvalue weighted by atomic mass is 16.5. The SMILES string of the molecule is Cc1cn2c(n1)CCC(NC(=O)COc1ccc3c(c1)CCC3)C2. The lowest BCUT2D eigenvalue weighted by Crippen LogP contribution is -2.42. The molecule has 0 fully saturated rings. The van der Waals surface area contributed by atoms with E-state index in [1.807, 2.05) is 13.0 Å². The third-order valence-corrected chi connectivity index (χ3v) is 4.92. The number of hydrogen-bond acceptors (Lipinski definition) is 3. The normalized spacial score (nSPS) is 18.8. The van der Waals surface area contributed by atoms with Crippen molar-refractivity contribution in [1.82, 2.24) is 14.9 Å². The number of nitrogens with zero attached hydrogens (tertiary/aromatic N) is 2. The molecule has 126 valence electrons. The number of carbonyl (C=O) groups is 1. The van der Waals surface area contributed by atoms with Crippen LogP contribution in [0.5, 0.6) is 5.75 Å². The van der Waals surface area contributed by atoms with E-state index in [0.29, 0.717) is 0 Å². The summed E-state index contributed by atoms with van der Waals surface area (Å²) in [5.74, 6) is 1.86. The summed E-state index contributed by atoms with van der Waals surface area (Å²) in [7, 11) is 0. The summed E-state index contributed by atoms with van der Waals surface area (Å²) in [4.78, 5) is 16.7. The maximum atomic E-state index is 12.2. The second-order valence-corrected chi connectivity index (χ2v) is 6.83. The number of amides is 1. The van der Waals surface area contributed by atoms with Gasteiger partial charge in [0.15, 0.2) is 6.61 Å². The Hall–Kier alpha value is -2.30. The number of benzene rings is 1. The second kappa shape index (κ2) is 6.30. The van der Waals surface area contributed by atoms with Gasteiger partial charge < -0.3 is 14.6 Å². The van der Waals surface area contributed by atoms with Gasteiger partial charge in [-0.15, -0.1) is 0 Å². The number of imidazole rings is 1. The number of aromatic nitrogens is 2. The van der Waals surface area contributed by atoms with Crippen molar-refractivity contribution < 1.29 is 9.53 Å². The van der Waals surface area contributed by atoms with Crippen molar-refractivity contribution in [2.24, 2.45) is 0 Å². The predicted molar refractivity (Wildman–Crippen MR) is 91.2 cm³/mol. The van der Waals surface area contributed by atoms with Crippen LogP contribution >= 0.6 is 0 Å². The van der Waals surface area contributed by atoms with Crippen molar-refractivity contribution in [2.45, 2.75) is 51.6 Å². The second-order valence-electron chi connectivity index (χ2n) is 6.83. The molecule has 0 spiro atoms. The van der Waals surface area contributed by atoms with Gasteiger partial charge in [0.05, 0.1) is 5.69 Å². The van der Waals surface area contributed by atoms with Crippen molar-refractivity contribution in [3.8, 4) is 5.75 Å². The number of ether oxygens (including phenoxy) is 1. The van der Waals surface area contributed by atoms with E-state index < -0.39 is 0 Å². The van der Waals surface area contributed by atoms with Crippen molar-refractivity contribution in [2.75, 3.05) is 6.61 Å². The zero-order chi connectivity index (χ0) is 16.5. The molecule has 0 saturated heterocycles. The van der Waals surface area contributed by atoms with E-state index >= 15 is 0 Å². The van der Waals surface area contributed by atoms with Crippen LogP contribution in [0.3, 0.4) is 0 Å². The fourth-order valence-electron chi connectivity index (χ4n) is 3.76. The van der Waals surface area contributed by atoms with Gasteiger partial charge in [0.2, 0.25) is 0 Å². The third kappa shape index (κ3) is 3.16. The fourth-order valence-corrected chi connectivity index (χ4v) is 3.76. The molecule has 4 rings (SSSR count). The van der Waals surface area contributed by atoms with E-state index in [1.165, 1.54) is 17.5 Å². The Bertz CT molecular complexity index is 766. The number of fused-ring (bicyclic) bond motifs is 2. The summed E-state index contributed by atoms with van der Waals surface area (Å²) in [5, 5.41) is 3.08. The van der Waals surface area contributed by atoms with Gasteiger partial charge in [-0.25, -0.2) is 4.98 Å². The van der Waals surface area contributed by atoms with Crippen LogP contribution in [0.25, 0.3) is 0 Å². The molecule has 0 saturated carbocycles. The molecule has 1 amide bonds. The number of rotatable bonds is 4. The highest BCUT2D eigenvalue weighted by molar-refractivity contribution is 5.77. The van der Waals surface area contributed by atoms with Crippen molar-refractivity contribution in [3.63, 3.8) is 0 Å². The molecule has 1 atom stereocenters. The molecule has 1 aromatic heterocycles. The van der Waals surface area contributed by atoms with Crippen LogP contribution in [-0.2, 0) is 30.6 Å². The smallest absolute Gasteiger partial charge is 0.258 e. The Balaban J connectivity index is 1.29. The summed E-state index contributed by atoms with van der Waals surface area (Å²) < 4.78 is 7.82. The minimum absolute atomic E-state index is 0.0548. The minimum atomic E-state index is -0.0548. The van der Waals surface area contributed by atoms with E-state index in [1.54, 1.807) is 0 Å². The average molecular weight is 325 g/mol. The molecule has 24 heavy (non-hydrogen) atoms. The van der Waals surface area contributed by atoms with Gasteiger partial charge in [0.25, 0.3) is 5.91 Å². The summed E-state index contributed by atoms with van der Waals surface area (Å²) in [6, 6.07) is 6.33. The van der Waals surface area contributed by atoms with E-state index in [9.17, 15) is 4.79 Å². The molecular formula is C19H23N3O2. The Morgan fingerprint density at radius 3 is 3.12 bits per heavy atom. The lowest BCUT2D eigenvalue weighted by Gasteiger charge is -2.24. The molecule has 5 heteroatoms. The minimum Gasteiger partial charge on any atom is -0.484 e. The van der Waals surface area contributed by atoms with E-state index in [-0.39, 0.29) is 18.6 Å². The van der Waals surface area contributed by atoms with Gasteiger partial charge in [-0.2, -0.15) is 0 Å². The van der Waals surface area contributed by atoms with E-state index in [2.05, 4.69) is 33.2 Å². The third-order valence-electron chi connectivity index (χ3n) is 4.92. The molecule has 0 bridgehead atoms. The van der Waals surface area contributed by atoms with Crippen molar-refractivity contribution in [1.29, 1.82) is 0 Å². The molecule has 1 aliphatic carbocycles. The largest absolute Gasteiger partial charge is 0.484 e. The fraction of sp³-hybridized carbons (Fsp3) is 0.474. The standard InChI is InChI=1S/C19H23N3O2/c1-13-10-22-11-16(6-8-18(22)20-13)21-19(23)12-24-17-7-5-14-3-2-4-15(14)9-17/h5,7,9-10,16H,2-4,6,8,11-12H2,1H3,(H,21,23). The Morgan fingerprint density at radius 1 is 1.33 bits per heavy atom. The summed E-state index contributed by atoms with van der Waals surface area (Å²) in [6.07, 6.45) is 7.39. The van der Waals surface area contributed by atoms with Gasteiger partial charge in [-0.1, -0.05) is 6.07 Å². The topological polar surface area (TPSA) is 56.2 Å². The molecule has 5 nitrogen and oxygen atoms in total. The Kier molecular flexibility index (Phi) is 4.00. The molecule has 2 heterocycles. The van der Waals surface area contributed by atoms with Gasteiger partial charge in [-0.05, 0) is 55.9 Å². The summed E-state index contributed by atoms with van der Waals surface area (Å²) in [6.45, 7) is 2.87. The first-order valence-corrected chi connectivity index (χ1v) is 8.74. The van der Waals surface area contributed by atoms with Gasteiger partial charge in [-0.3, -0.25) is 4.79 Å². The Labute approximate surface area is 142 Å². The van der Waals surface area contributed by atoms with Crippen LogP contribution in [0, 0.1) is 6.92 Å². The lowest BCUT2D eigenvalue weighted by atomic mass is 10.1. The van der Waals surface area contributed by atoms with E-state index in [0.717, 1.165) is 49.5 Å². The highest BCUT2D eigenvalue weighted by Gasteiger charge is 2.21. The van der Waals surface area contributed by atoms with Crippen molar-refractivity contribution >= 4 is 5.91 Å². The lowest BCUT2D eigenvalue weighted by molar-refractivity contribution is -0.124. The zero-order valence-electron chi connectivity index (χ0n) is 14.0. The van der Waals surface area contributed by atoms with Crippen molar-refractivity contribution in [3.05, 3.63) is 47.0 Å². The first-order chi connectivity index (χ1) is 11.7. The molecule has 0 radical (unpaired) electrons. The Morgan fingerprint density at radius 2 is 2.21 bits per heavy atom. The van der Waals surface area contributed by atoms with Crippen LogP contribution in [-0.4, -0.2) is 28.1 Å². The summed E-state index contributed by atoms with van der Waals surface area (Å²) >= 11 is 0. The van der Waals surface area contributed by atoms with Crippen LogP contribution in [0.1, 0.15) is 35.5 Å². The zero-order valence-corrected chi connectivity index (χ0v) is 14.0. The molecule has 1 N–H and O–H groups in total. The molecule has 2 aromatic rings. The highest BCUT2D eigenvalue weighted by Crippen LogP contribution is 2.26. The van der Waals surface area contributed by atoms with Gasteiger partial charge >= 0.3 is 0 Å². The maximum absolute atomic E-state index is 12.2. The number of carbonyl (C=O) groups excluding carboxylic acids is 1. The summed E-state index contributed by atoms with van der Waals surface area (Å²) in [5.41, 5.74) is 3.82.